The summed E-state index contributed by atoms with van der Waals surface area (Å²) in [5, 5.41) is 0.986. The summed E-state index contributed by atoms with van der Waals surface area (Å²) in [6.07, 6.45) is -5.03. The number of hydrogen-bond donors (Lipinski definition) is 0. The summed E-state index contributed by atoms with van der Waals surface area (Å²) in [6.45, 7) is 7.08. The van der Waals surface area contributed by atoms with Crippen LogP contribution in [0.25, 0.3) is 10.9 Å². The van der Waals surface area contributed by atoms with E-state index in [1.165, 1.54) is 27.7 Å². The van der Waals surface area contributed by atoms with Crippen LogP contribution in [0.5, 0.6) is 0 Å². The Morgan fingerprint density at radius 3 is 2.19 bits per heavy atom. The predicted octanol–water partition coefficient (Wildman–Crippen LogP) is 2.26. The van der Waals surface area contributed by atoms with Crippen LogP contribution in [0.3, 0.4) is 0 Å². The van der Waals surface area contributed by atoms with Crippen molar-refractivity contribution in [2.45, 2.75) is 71.7 Å². The maximum absolute atomic E-state index is 12.3. The Bertz CT molecular complexity index is 1260. The third kappa shape index (κ3) is 5.36. The lowest BCUT2D eigenvalue weighted by Gasteiger charge is -2.45. The van der Waals surface area contributed by atoms with E-state index in [1.54, 1.807) is 0 Å². The van der Waals surface area contributed by atoms with E-state index in [1.807, 2.05) is 35.8 Å². The molecule has 5 atom stereocenters. The Hall–Kier alpha value is -3.73. The Labute approximate surface area is 213 Å². The van der Waals surface area contributed by atoms with Gasteiger partial charge in [0.15, 0.2) is 24.5 Å². The molecule has 198 valence electrons. The number of carbonyl (C=O) groups is 4. The minimum absolute atomic E-state index is 0.289. The molecular formula is C26H30N2O9. The summed E-state index contributed by atoms with van der Waals surface area (Å²) in [4.78, 5) is 52.7. The maximum atomic E-state index is 12.3. The van der Waals surface area contributed by atoms with Gasteiger partial charge >= 0.3 is 23.9 Å². The van der Waals surface area contributed by atoms with Crippen LogP contribution >= 0.6 is 0 Å². The van der Waals surface area contributed by atoms with Crippen molar-refractivity contribution in [3.63, 3.8) is 0 Å². The molecule has 2 aromatic rings. The molecule has 2 aliphatic heterocycles. The molecule has 11 nitrogen and oxygen atoms in total. The monoisotopic (exact) mass is 514 g/mol. The molecule has 0 radical (unpaired) electrons. The van der Waals surface area contributed by atoms with Gasteiger partial charge in [-0.25, -0.2) is 0 Å². The molecule has 37 heavy (non-hydrogen) atoms. The van der Waals surface area contributed by atoms with Gasteiger partial charge in [-0.1, -0.05) is 18.2 Å². The zero-order chi connectivity index (χ0) is 26.9. The number of fused-ring (bicyclic) bond motifs is 3. The Morgan fingerprint density at radius 1 is 0.919 bits per heavy atom. The molecule has 2 aliphatic rings. The number of aromatic nitrogens is 1. The highest BCUT2D eigenvalue weighted by molar-refractivity contribution is 6.05. The second-order valence-electron chi connectivity index (χ2n) is 9.02. The number of nitrogens with zero attached hydrogens (tertiary/aromatic N) is 2. The average Bonchev–Trinajstić information content (AvgIpc) is 3.15. The standard InChI is InChI=1S/C26H30N2O9/c1-13-22-19(10-11-27-13)18-8-6-7-9-20(18)28(22)26-25(36-17(5)32)24(35-16(4)31)23(34-15(3)30)21(37-26)12-33-14(2)29/h6-9,21,23-26H,10-12H2,1-5H3/t21-,23-,24+,25-,26-/m1/s1. The molecular weight excluding hydrogens is 484 g/mol. The van der Waals surface area contributed by atoms with Crippen LogP contribution in [0.2, 0.25) is 0 Å². The second-order valence-corrected chi connectivity index (χ2v) is 9.02. The fraction of sp³-hybridized carbons (Fsp3) is 0.500. The highest BCUT2D eigenvalue weighted by Gasteiger charge is 2.53. The molecule has 1 aromatic heterocycles. The van der Waals surface area contributed by atoms with E-state index >= 15 is 0 Å². The molecule has 3 heterocycles. The number of aliphatic imine (C=N–C) groups is 1. The van der Waals surface area contributed by atoms with Gasteiger partial charge in [0, 0.05) is 39.6 Å². The van der Waals surface area contributed by atoms with Gasteiger partial charge in [-0.15, -0.1) is 0 Å². The first-order valence-electron chi connectivity index (χ1n) is 12.0. The van der Waals surface area contributed by atoms with Crippen LogP contribution in [-0.2, 0) is 49.3 Å². The van der Waals surface area contributed by atoms with Crippen LogP contribution in [0.1, 0.15) is 52.1 Å². The molecule has 1 fully saturated rings. The largest absolute Gasteiger partial charge is 0.463 e. The Balaban J connectivity index is 1.93. The highest BCUT2D eigenvalue weighted by atomic mass is 16.7. The van der Waals surface area contributed by atoms with Crippen LogP contribution in [0.15, 0.2) is 29.3 Å². The van der Waals surface area contributed by atoms with Crippen molar-refractivity contribution < 1.29 is 42.9 Å². The van der Waals surface area contributed by atoms with Crippen LogP contribution in [-0.4, -0.2) is 71.7 Å². The van der Waals surface area contributed by atoms with Crippen molar-refractivity contribution >= 4 is 40.5 Å². The first kappa shape index (κ1) is 26.3. The number of hydrogen-bond acceptors (Lipinski definition) is 10. The van der Waals surface area contributed by atoms with Crippen molar-refractivity contribution in [2.24, 2.45) is 4.99 Å². The molecule has 0 N–H and O–H groups in total. The number of para-hydroxylation sites is 1. The molecule has 1 aromatic carbocycles. The molecule has 0 spiro atoms. The molecule has 1 saturated heterocycles. The number of esters is 4. The van der Waals surface area contributed by atoms with Gasteiger partial charge in [0.2, 0.25) is 0 Å². The molecule has 0 bridgehead atoms. The van der Waals surface area contributed by atoms with Gasteiger partial charge < -0.3 is 28.3 Å². The molecule has 0 aliphatic carbocycles. The quantitative estimate of drug-likeness (QED) is 0.421. The lowest BCUT2D eigenvalue weighted by atomic mass is 9.96. The summed E-state index contributed by atoms with van der Waals surface area (Å²) in [6, 6.07) is 7.72. The van der Waals surface area contributed by atoms with Crippen molar-refractivity contribution in [3.05, 3.63) is 35.5 Å². The van der Waals surface area contributed by atoms with Crippen LogP contribution in [0, 0.1) is 0 Å². The van der Waals surface area contributed by atoms with Crippen molar-refractivity contribution in [2.75, 3.05) is 13.2 Å². The SMILES string of the molecule is CC(=O)OC[C@H]1O[C@@H](n2c3c(c4ccccc42)CCN=C3C)[C@H](OC(C)=O)[C@@H](OC(C)=O)[C@@H]1OC(C)=O. The van der Waals surface area contributed by atoms with E-state index < -0.39 is 54.5 Å². The van der Waals surface area contributed by atoms with Gasteiger partial charge in [-0.3, -0.25) is 24.2 Å². The van der Waals surface area contributed by atoms with E-state index in [4.69, 9.17) is 23.7 Å². The summed E-state index contributed by atoms with van der Waals surface area (Å²) in [5.41, 5.74) is 3.43. The fourth-order valence-electron chi connectivity index (χ4n) is 5.07. The lowest BCUT2D eigenvalue weighted by molar-refractivity contribution is -0.267. The van der Waals surface area contributed by atoms with E-state index in [0.29, 0.717) is 13.0 Å². The molecule has 11 heteroatoms. The number of ether oxygens (including phenoxy) is 5. The van der Waals surface area contributed by atoms with Crippen LogP contribution in [0.4, 0.5) is 0 Å². The molecule has 4 rings (SSSR count). The minimum Gasteiger partial charge on any atom is -0.463 e. The summed E-state index contributed by atoms with van der Waals surface area (Å²) >= 11 is 0. The highest BCUT2D eigenvalue weighted by Crippen LogP contribution is 2.40. The smallest absolute Gasteiger partial charge is 0.303 e. The summed E-state index contributed by atoms with van der Waals surface area (Å²) in [5.74, 6) is -2.57. The summed E-state index contributed by atoms with van der Waals surface area (Å²) < 4.78 is 30.3. The van der Waals surface area contributed by atoms with Gasteiger partial charge in [-0.2, -0.15) is 0 Å². The van der Waals surface area contributed by atoms with Crippen molar-refractivity contribution in [1.29, 1.82) is 0 Å². The number of carbonyl (C=O) groups excluding carboxylic acids is 4. The number of rotatable bonds is 6. The third-order valence-corrected chi connectivity index (χ3v) is 6.29. The van der Waals surface area contributed by atoms with E-state index in [0.717, 1.165) is 27.9 Å². The van der Waals surface area contributed by atoms with Gasteiger partial charge in [0.25, 0.3) is 0 Å². The topological polar surface area (TPSA) is 132 Å². The third-order valence-electron chi connectivity index (χ3n) is 6.29. The molecule has 0 unspecified atom stereocenters. The second kappa shape index (κ2) is 10.7. The molecule has 0 amide bonds. The molecule has 0 saturated carbocycles. The Kier molecular flexibility index (Phi) is 7.63. The van der Waals surface area contributed by atoms with Crippen molar-refractivity contribution in [3.8, 4) is 0 Å². The zero-order valence-electron chi connectivity index (χ0n) is 21.4. The summed E-state index contributed by atoms with van der Waals surface area (Å²) in [7, 11) is 0. The maximum Gasteiger partial charge on any atom is 0.303 e. The minimum atomic E-state index is -1.25. The fourth-order valence-corrected chi connectivity index (χ4v) is 5.07. The lowest BCUT2D eigenvalue weighted by Crippen LogP contribution is -2.60. The van der Waals surface area contributed by atoms with E-state index in [2.05, 4.69) is 4.99 Å². The average molecular weight is 515 g/mol. The van der Waals surface area contributed by atoms with E-state index in [-0.39, 0.29) is 6.61 Å². The first-order valence-corrected chi connectivity index (χ1v) is 12.0. The van der Waals surface area contributed by atoms with E-state index in [9.17, 15) is 19.2 Å². The Morgan fingerprint density at radius 2 is 1.54 bits per heavy atom. The van der Waals surface area contributed by atoms with Gasteiger partial charge in [0.1, 0.15) is 12.7 Å². The normalized spacial score (nSPS) is 25.0. The van der Waals surface area contributed by atoms with Crippen LogP contribution < -0.4 is 0 Å². The van der Waals surface area contributed by atoms with Gasteiger partial charge in [0.05, 0.1) is 16.9 Å². The number of benzene rings is 1. The van der Waals surface area contributed by atoms with Crippen molar-refractivity contribution in [1.82, 2.24) is 4.57 Å². The zero-order valence-corrected chi connectivity index (χ0v) is 21.4. The predicted molar refractivity (Wildman–Crippen MR) is 130 cm³/mol. The van der Waals surface area contributed by atoms with Gasteiger partial charge in [-0.05, 0) is 25.0 Å². The first-order chi connectivity index (χ1) is 17.6.